The first-order valence-corrected chi connectivity index (χ1v) is 8.33. The SMILES string of the molecule is O=C(c1ccc(Cl)s1)N1CCSC1c1cccc(F)c1. The number of thiophene rings is 1. The Kier molecular flexibility index (Phi) is 4.01. The number of benzene rings is 1. The van der Waals surface area contributed by atoms with Crippen molar-refractivity contribution in [2.45, 2.75) is 5.37 Å². The van der Waals surface area contributed by atoms with Crippen molar-refractivity contribution < 1.29 is 9.18 Å². The number of carbonyl (C=O) groups excluding carboxylic acids is 1. The van der Waals surface area contributed by atoms with Crippen LogP contribution in [0.5, 0.6) is 0 Å². The van der Waals surface area contributed by atoms with Gasteiger partial charge in [0.1, 0.15) is 11.2 Å². The lowest BCUT2D eigenvalue weighted by Crippen LogP contribution is -2.29. The number of carbonyl (C=O) groups is 1. The molecule has 1 saturated heterocycles. The van der Waals surface area contributed by atoms with E-state index in [0.717, 1.165) is 11.3 Å². The largest absolute Gasteiger partial charge is 0.321 e. The first kappa shape index (κ1) is 13.9. The Labute approximate surface area is 129 Å². The summed E-state index contributed by atoms with van der Waals surface area (Å²) in [6, 6.07) is 9.89. The zero-order chi connectivity index (χ0) is 14.1. The number of halogens is 2. The van der Waals surface area contributed by atoms with Crippen LogP contribution >= 0.6 is 34.7 Å². The quantitative estimate of drug-likeness (QED) is 0.813. The van der Waals surface area contributed by atoms with E-state index < -0.39 is 0 Å². The highest BCUT2D eigenvalue weighted by atomic mass is 35.5. The maximum atomic E-state index is 13.3. The molecule has 1 aliphatic rings. The predicted molar refractivity (Wildman–Crippen MR) is 82.0 cm³/mol. The molecule has 2 nitrogen and oxygen atoms in total. The summed E-state index contributed by atoms with van der Waals surface area (Å²) in [5.74, 6) is 0.536. The smallest absolute Gasteiger partial charge is 0.265 e. The fourth-order valence-corrected chi connectivity index (χ4v) is 4.43. The maximum Gasteiger partial charge on any atom is 0.265 e. The van der Waals surface area contributed by atoms with E-state index in [0.29, 0.717) is 15.8 Å². The third-order valence-corrected chi connectivity index (χ3v) is 5.55. The lowest BCUT2D eigenvalue weighted by molar-refractivity contribution is 0.0765. The summed E-state index contributed by atoms with van der Waals surface area (Å²) in [7, 11) is 0. The van der Waals surface area contributed by atoms with Gasteiger partial charge in [0.25, 0.3) is 5.91 Å². The molecule has 104 valence electrons. The third-order valence-electron chi connectivity index (χ3n) is 3.07. The van der Waals surface area contributed by atoms with Crippen molar-refractivity contribution in [3.8, 4) is 0 Å². The summed E-state index contributed by atoms with van der Waals surface area (Å²) in [6.07, 6.45) is 0. The van der Waals surface area contributed by atoms with Crippen molar-refractivity contribution in [1.82, 2.24) is 4.90 Å². The second-order valence-corrected chi connectivity index (χ2v) is 7.28. The minimum absolute atomic E-state index is 0.0406. The van der Waals surface area contributed by atoms with E-state index in [1.54, 1.807) is 34.9 Å². The van der Waals surface area contributed by atoms with Gasteiger partial charge in [-0.2, -0.15) is 0 Å². The van der Waals surface area contributed by atoms with Crippen LogP contribution < -0.4 is 0 Å². The highest BCUT2D eigenvalue weighted by Crippen LogP contribution is 2.39. The Morgan fingerprint density at radius 2 is 2.20 bits per heavy atom. The highest BCUT2D eigenvalue weighted by Gasteiger charge is 2.32. The zero-order valence-corrected chi connectivity index (χ0v) is 12.8. The molecule has 1 atom stereocenters. The van der Waals surface area contributed by atoms with Crippen LogP contribution in [0.3, 0.4) is 0 Å². The van der Waals surface area contributed by atoms with E-state index in [9.17, 15) is 9.18 Å². The van der Waals surface area contributed by atoms with Crippen LogP contribution in [-0.4, -0.2) is 23.1 Å². The van der Waals surface area contributed by atoms with E-state index in [1.165, 1.54) is 23.5 Å². The van der Waals surface area contributed by atoms with Crippen LogP contribution in [0.15, 0.2) is 36.4 Å². The molecule has 2 aromatic rings. The number of hydrogen-bond donors (Lipinski definition) is 0. The molecular weight excluding hydrogens is 317 g/mol. The van der Waals surface area contributed by atoms with Gasteiger partial charge < -0.3 is 4.90 Å². The van der Waals surface area contributed by atoms with Crippen LogP contribution in [-0.2, 0) is 0 Å². The van der Waals surface area contributed by atoms with Gasteiger partial charge in [0, 0.05) is 12.3 Å². The Morgan fingerprint density at radius 1 is 1.35 bits per heavy atom. The molecule has 0 spiro atoms. The topological polar surface area (TPSA) is 20.3 Å². The molecule has 0 saturated carbocycles. The number of amides is 1. The molecule has 20 heavy (non-hydrogen) atoms. The van der Waals surface area contributed by atoms with Crippen LogP contribution in [0.1, 0.15) is 20.6 Å². The van der Waals surface area contributed by atoms with Gasteiger partial charge in [0.15, 0.2) is 0 Å². The summed E-state index contributed by atoms with van der Waals surface area (Å²) in [5.41, 5.74) is 0.823. The average molecular weight is 328 g/mol. The Balaban J connectivity index is 1.87. The third kappa shape index (κ3) is 2.71. The summed E-state index contributed by atoms with van der Waals surface area (Å²) >= 11 is 8.80. The van der Waals surface area contributed by atoms with Gasteiger partial charge in [-0.1, -0.05) is 23.7 Å². The van der Waals surface area contributed by atoms with E-state index >= 15 is 0 Å². The number of thioether (sulfide) groups is 1. The Bertz CT molecular complexity index is 646. The van der Waals surface area contributed by atoms with E-state index in [-0.39, 0.29) is 17.1 Å². The van der Waals surface area contributed by atoms with Gasteiger partial charge in [-0.25, -0.2) is 4.39 Å². The lowest BCUT2D eigenvalue weighted by atomic mass is 10.2. The lowest BCUT2D eigenvalue weighted by Gasteiger charge is -2.23. The van der Waals surface area contributed by atoms with Crippen molar-refractivity contribution in [1.29, 1.82) is 0 Å². The van der Waals surface area contributed by atoms with Gasteiger partial charge in [-0.05, 0) is 29.8 Å². The molecule has 1 fully saturated rings. The zero-order valence-electron chi connectivity index (χ0n) is 10.4. The van der Waals surface area contributed by atoms with E-state index in [2.05, 4.69) is 0 Å². The van der Waals surface area contributed by atoms with Crippen LogP contribution in [0, 0.1) is 5.82 Å². The minimum atomic E-state index is -0.276. The molecule has 0 aliphatic carbocycles. The van der Waals surface area contributed by atoms with Crippen LogP contribution in [0.4, 0.5) is 4.39 Å². The van der Waals surface area contributed by atoms with Crippen molar-refractivity contribution in [3.63, 3.8) is 0 Å². The molecule has 6 heteroatoms. The van der Waals surface area contributed by atoms with E-state index in [1.807, 2.05) is 6.07 Å². The number of rotatable bonds is 2. The monoisotopic (exact) mass is 327 g/mol. The Morgan fingerprint density at radius 3 is 2.90 bits per heavy atom. The molecule has 1 aliphatic heterocycles. The van der Waals surface area contributed by atoms with Crippen LogP contribution in [0.25, 0.3) is 0 Å². The summed E-state index contributed by atoms with van der Waals surface area (Å²) in [6.45, 7) is 0.667. The molecular formula is C14H11ClFNOS2. The molecule has 0 N–H and O–H groups in total. The second-order valence-electron chi connectivity index (χ2n) is 4.38. The van der Waals surface area contributed by atoms with Gasteiger partial charge in [-0.15, -0.1) is 23.1 Å². The molecule has 3 rings (SSSR count). The summed E-state index contributed by atoms with van der Waals surface area (Å²) < 4.78 is 13.9. The minimum Gasteiger partial charge on any atom is -0.321 e. The van der Waals surface area contributed by atoms with Crippen LogP contribution in [0.2, 0.25) is 4.34 Å². The fraction of sp³-hybridized carbons (Fsp3) is 0.214. The maximum absolute atomic E-state index is 13.3. The molecule has 1 aromatic carbocycles. The van der Waals surface area contributed by atoms with E-state index in [4.69, 9.17) is 11.6 Å². The number of nitrogens with zero attached hydrogens (tertiary/aromatic N) is 1. The standard InChI is InChI=1S/C14H11ClFNOS2/c15-12-5-4-11(20-12)13(18)17-6-7-19-14(17)9-2-1-3-10(16)8-9/h1-5,8,14H,6-7H2. The first-order valence-electron chi connectivity index (χ1n) is 6.08. The summed E-state index contributed by atoms with van der Waals surface area (Å²) in [5, 5.41) is -0.126. The molecule has 1 amide bonds. The number of hydrogen-bond acceptors (Lipinski definition) is 3. The summed E-state index contributed by atoms with van der Waals surface area (Å²) in [4.78, 5) is 14.9. The molecule has 1 unspecified atom stereocenters. The fourth-order valence-electron chi connectivity index (χ4n) is 2.19. The highest BCUT2D eigenvalue weighted by molar-refractivity contribution is 7.99. The second kappa shape index (κ2) is 5.76. The van der Waals surface area contributed by atoms with Crippen molar-refractivity contribution >= 4 is 40.6 Å². The van der Waals surface area contributed by atoms with Crippen molar-refractivity contribution in [2.75, 3.05) is 12.3 Å². The molecule has 1 aromatic heterocycles. The van der Waals surface area contributed by atoms with Gasteiger partial charge in [0.05, 0.1) is 9.21 Å². The van der Waals surface area contributed by atoms with Gasteiger partial charge in [-0.3, -0.25) is 4.79 Å². The van der Waals surface area contributed by atoms with Gasteiger partial charge in [0.2, 0.25) is 0 Å². The molecule has 0 bridgehead atoms. The van der Waals surface area contributed by atoms with Crippen molar-refractivity contribution in [3.05, 3.63) is 57.0 Å². The first-order chi connectivity index (χ1) is 9.65. The predicted octanol–water partition coefficient (Wildman–Crippen LogP) is 4.43. The van der Waals surface area contributed by atoms with Crippen molar-refractivity contribution in [2.24, 2.45) is 0 Å². The average Bonchev–Trinajstić information content (AvgIpc) is 3.06. The molecule has 0 radical (unpaired) electrons. The molecule has 2 heterocycles. The van der Waals surface area contributed by atoms with Gasteiger partial charge >= 0.3 is 0 Å². The Hall–Kier alpha value is -1.04. The normalized spacial score (nSPS) is 18.5.